The summed E-state index contributed by atoms with van der Waals surface area (Å²) >= 11 is 0. The highest BCUT2D eigenvalue weighted by molar-refractivity contribution is 6.30. The van der Waals surface area contributed by atoms with Crippen molar-refractivity contribution in [1.29, 1.82) is 0 Å². The highest BCUT2D eigenvalue weighted by atomic mass is 28.2. The van der Waals surface area contributed by atoms with Crippen LogP contribution in [0.25, 0.3) is 0 Å². The lowest BCUT2D eigenvalue weighted by Gasteiger charge is -2.46. The molecule has 146 valence electrons. The Balaban J connectivity index is 1.78. The molecule has 3 heteroatoms. The van der Waals surface area contributed by atoms with Gasteiger partial charge in [0.25, 0.3) is 0 Å². The summed E-state index contributed by atoms with van der Waals surface area (Å²) in [6, 6.07) is 0. The molecule has 0 aromatic rings. The van der Waals surface area contributed by atoms with E-state index in [0.717, 1.165) is 17.8 Å². The first-order valence-corrected chi connectivity index (χ1v) is 12.2. The smallest absolute Gasteiger partial charge is 0.166 e. The molecular weight excluding hydrogens is 324 g/mol. The van der Waals surface area contributed by atoms with Crippen molar-refractivity contribution in [3.63, 3.8) is 0 Å². The zero-order chi connectivity index (χ0) is 18.6. The van der Waals surface area contributed by atoms with Crippen molar-refractivity contribution in [3.8, 4) is 0 Å². The Bertz CT molecular complexity index is 461. The second kappa shape index (κ2) is 6.63. The molecule has 2 nitrogen and oxygen atoms in total. The predicted octanol–water partition coefficient (Wildman–Crippen LogP) is 4.93. The summed E-state index contributed by atoms with van der Waals surface area (Å²) in [7, 11) is -0.722. The second-order valence-corrected chi connectivity index (χ2v) is 13.2. The van der Waals surface area contributed by atoms with Crippen LogP contribution in [0.4, 0.5) is 0 Å². The summed E-state index contributed by atoms with van der Waals surface area (Å²) in [5.74, 6) is 2.71. The molecule has 0 aromatic heterocycles. The molecule has 1 N–H and O–H groups in total. The van der Waals surface area contributed by atoms with E-state index in [4.69, 9.17) is 4.43 Å². The van der Waals surface area contributed by atoms with Crippen LogP contribution in [0, 0.1) is 34.0 Å². The van der Waals surface area contributed by atoms with Crippen LogP contribution in [0.5, 0.6) is 0 Å². The van der Waals surface area contributed by atoms with Gasteiger partial charge in [0.1, 0.15) is 0 Å². The van der Waals surface area contributed by atoms with Gasteiger partial charge in [-0.05, 0) is 73.2 Å². The standard InChI is InChI=1S/C22H42O2Si/c1-14(23)18(24-25-19(20(2,3)4)21(5,6)7)22-12-11-15(13-22)16-9-8-10-17(16)22/h14-19,23H,8-13,25H2,1-7H3. The molecule has 0 spiro atoms. The molecule has 25 heavy (non-hydrogen) atoms. The van der Waals surface area contributed by atoms with Crippen LogP contribution in [-0.2, 0) is 4.43 Å². The predicted molar refractivity (Wildman–Crippen MR) is 108 cm³/mol. The topological polar surface area (TPSA) is 29.5 Å². The molecule has 6 unspecified atom stereocenters. The van der Waals surface area contributed by atoms with E-state index in [1.54, 1.807) is 0 Å². The van der Waals surface area contributed by atoms with Gasteiger partial charge in [-0.1, -0.05) is 48.0 Å². The maximum atomic E-state index is 10.7. The van der Waals surface area contributed by atoms with Gasteiger partial charge in [-0.15, -0.1) is 0 Å². The fourth-order valence-corrected chi connectivity index (χ4v) is 9.38. The Morgan fingerprint density at radius 1 is 1.04 bits per heavy atom. The maximum Gasteiger partial charge on any atom is 0.166 e. The number of hydrogen-bond acceptors (Lipinski definition) is 2. The van der Waals surface area contributed by atoms with Gasteiger partial charge in [0.05, 0.1) is 12.2 Å². The van der Waals surface area contributed by atoms with E-state index in [0.29, 0.717) is 11.0 Å². The van der Waals surface area contributed by atoms with Gasteiger partial charge in [0.15, 0.2) is 9.76 Å². The summed E-state index contributed by atoms with van der Waals surface area (Å²) in [5.41, 5.74) is 1.47. The summed E-state index contributed by atoms with van der Waals surface area (Å²) in [5, 5.41) is 10.7. The van der Waals surface area contributed by atoms with Gasteiger partial charge >= 0.3 is 0 Å². The third kappa shape index (κ3) is 3.50. The van der Waals surface area contributed by atoms with Crippen molar-refractivity contribution in [2.75, 3.05) is 0 Å². The number of aliphatic hydroxyl groups is 1. The van der Waals surface area contributed by atoms with Crippen LogP contribution in [-0.4, -0.2) is 27.1 Å². The molecule has 0 aliphatic heterocycles. The molecular formula is C22H42O2Si. The molecule has 6 atom stereocenters. The third-order valence-corrected chi connectivity index (χ3v) is 11.4. The van der Waals surface area contributed by atoms with Crippen LogP contribution >= 0.6 is 0 Å². The van der Waals surface area contributed by atoms with Crippen LogP contribution in [0.2, 0.25) is 5.54 Å². The maximum absolute atomic E-state index is 10.7. The van der Waals surface area contributed by atoms with Gasteiger partial charge < -0.3 is 9.53 Å². The minimum absolute atomic E-state index is 0.0875. The molecule has 3 saturated carbocycles. The van der Waals surface area contributed by atoms with E-state index in [1.165, 1.54) is 38.5 Å². The minimum atomic E-state index is -0.722. The lowest BCUT2D eigenvalue weighted by Crippen LogP contribution is -2.48. The zero-order valence-electron chi connectivity index (χ0n) is 17.8. The average molecular weight is 367 g/mol. The molecule has 0 amide bonds. The second-order valence-electron chi connectivity index (χ2n) is 11.7. The third-order valence-electron chi connectivity index (χ3n) is 8.07. The summed E-state index contributed by atoms with van der Waals surface area (Å²) in [6.45, 7) is 16.2. The first-order chi connectivity index (χ1) is 11.5. The zero-order valence-corrected chi connectivity index (χ0v) is 19.2. The Hall–Kier alpha value is 0.137. The van der Waals surface area contributed by atoms with Crippen LogP contribution in [0.15, 0.2) is 0 Å². The average Bonchev–Trinajstić information content (AvgIpc) is 3.11. The quantitative estimate of drug-likeness (QED) is 0.699. The Morgan fingerprint density at radius 3 is 2.24 bits per heavy atom. The summed E-state index contributed by atoms with van der Waals surface area (Å²) in [6.07, 6.45) is 8.02. The molecule has 0 heterocycles. The minimum Gasteiger partial charge on any atom is -0.418 e. The van der Waals surface area contributed by atoms with Gasteiger partial charge in [0.2, 0.25) is 0 Å². The molecule has 0 radical (unpaired) electrons. The van der Waals surface area contributed by atoms with E-state index in [9.17, 15) is 5.11 Å². The van der Waals surface area contributed by atoms with Crippen LogP contribution in [0.3, 0.4) is 0 Å². The van der Waals surface area contributed by atoms with E-state index in [-0.39, 0.29) is 23.0 Å². The molecule has 0 saturated heterocycles. The Kier molecular flexibility index (Phi) is 5.28. The van der Waals surface area contributed by atoms with E-state index in [2.05, 4.69) is 41.5 Å². The fourth-order valence-electron chi connectivity index (χ4n) is 7.37. The van der Waals surface area contributed by atoms with Gasteiger partial charge in [-0.2, -0.15) is 0 Å². The lowest BCUT2D eigenvalue weighted by atomic mass is 9.67. The van der Waals surface area contributed by atoms with E-state index < -0.39 is 9.76 Å². The van der Waals surface area contributed by atoms with Gasteiger partial charge in [-0.3, -0.25) is 0 Å². The summed E-state index contributed by atoms with van der Waals surface area (Å²) in [4.78, 5) is 0. The fraction of sp³-hybridized carbons (Fsp3) is 1.00. The van der Waals surface area contributed by atoms with Gasteiger partial charge in [0, 0.05) is 5.41 Å². The number of hydrogen-bond donors (Lipinski definition) is 1. The lowest BCUT2D eigenvalue weighted by molar-refractivity contribution is -0.0662. The van der Waals surface area contributed by atoms with Gasteiger partial charge in [-0.25, -0.2) is 0 Å². The Labute approximate surface area is 158 Å². The van der Waals surface area contributed by atoms with E-state index >= 15 is 0 Å². The SMILES string of the molecule is CC(O)C(O[SiH2]C(C(C)(C)C)C(C)(C)C)C12CCC(C1)C1CCCC12. The summed E-state index contributed by atoms with van der Waals surface area (Å²) < 4.78 is 6.82. The Morgan fingerprint density at radius 2 is 1.68 bits per heavy atom. The first kappa shape index (κ1) is 19.9. The van der Waals surface area contributed by atoms with Crippen molar-refractivity contribution < 1.29 is 9.53 Å². The highest BCUT2D eigenvalue weighted by Gasteiger charge is 2.62. The van der Waals surface area contributed by atoms with Crippen molar-refractivity contribution in [2.24, 2.45) is 34.0 Å². The number of fused-ring (bicyclic) bond motifs is 5. The number of aliphatic hydroxyl groups excluding tert-OH is 1. The largest absolute Gasteiger partial charge is 0.418 e. The first-order valence-electron chi connectivity index (χ1n) is 10.8. The molecule has 3 aliphatic carbocycles. The van der Waals surface area contributed by atoms with Crippen molar-refractivity contribution in [3.05, 3.63) is 0 Å². The molecule has 3 fully saturated rings. The van der Waals surface area contributed by atoms with E-state index in [1.807, 2.05) is 6.92 Å². The molecule has 0 aromatic carbocycles. The number of rotatable bonds is 5. The van der Waals surface area contributed by atoms with Crippen molar-refractivity contribution in [2.45, 2.75) is 105 Å². The highest BCUT2D eigenvalue weighted by Crippen LogP contribution is 2.67. The van der Waals surface area contributed by atoms with Crippen molar-refractivity contribution in [1.82, 2.24) is 0 Å². The molecule has 3 rings (SSSR count). The normalized spacial score (nSPS) is 38.0. The van der Waals surface area contributed by atoms with Crippen molar-refractivity contribution >= 4 is 9.76 Å². The van der Waals surface area contributed by atoms with Crippen LogP contribution < -0.4 is 0 Å². The van der Waals surface area contributed by atoms with Crippen LogP contribution in [0.1, 0.15) is 87.0 Å². The monoisotopic (exact) mass is 366 g/mol. The molecule has 3 aliphatic rings. The molecule has 2 bridgehead atoms.